The number of piperazine rings is 1. The van der Waals surface area contributed by atoms with Crippen molar-refractivity contribution in [2.75, 3.05) is 59.5 Å². The van der Waals surface area contributed by atoms with E-state index in [9.17, 15) is 0 Å². The Morgan fingerprint density at radius 3 is 2.32 bits per heavy atom. The molecule has 0 amide bonds. The van der Waals surface area contributed by atoms with Crippen molar-refractivity contribution < 1.29 is 4.74 Å². The van der Waals surface area contributed by atoms with Gasteiger partial charge in [-0.25, -0.2) is 0 Å². The average Bonchev–Trinajstić information content (AvgIpc) is 2.41. The smallest absolute Gasteiger partial charge is 0.0472 e. The number of hydrogen-bond acceptors (Lipinski definition) is 4. The minimum absolute atomic E-state index is 0.429. The van der Waals surface area contributed by atoms with E-state index in [1.807, 2.05) is 0 Å². The molecule has 112 valence electrons. The van der Waals surface area contributed by atoms with E-state index in [4.69, 9.17) is 4.74 Å². The van der Waals surface area contributed by atoms with E-state index in [1.54, 1.807) is 0 Å². The van der Waals surface area contributed by atoms with Crippen molar-refractivity contribution in [1.82, 2.24) is 15.1 Å². The van der Waals surface area contributed by atoms with Crippen molar-refractivity contribution in [3.63, 3.8) is 0 Å². The van der Waals surface area contributed by atoms with Crippen LogP contribution in [0.3, 0.4) is 0 Å². The van der Waals surface area contributed by atoms with E-state index >= 15 is 0 Å². The molecule has 0 aliphatic carbocycles. The van der Waals surface area contributed by atoms with Crippen molar-refractivity contribution in [3.05, 3.63) is 0 Å². The van der Waals surface area contributed by atoms with Crippen LogP contribution in [-0.2, 0) is 4.74 Å². The second-order valence-corrected chi connectivity index (χ2v) is 6.73. The summed E-state index contributed by atoms with van der Waals surface area (Å²) in [5, 5.41) is 3.66. The fourth-order valence-corrected chi connectivity index (χ4v) is 3.10. The van der Waals surface area contributed by atoms with E-state index in [0.717, 1.165) is 19.8 Å². The largest absolute Gasteiger partial charge is 0.381 e. The molecule has 0 unspecified atom stereocenters. The summed E-state index contributed by atoms with van der Waals surface area (Å²) in [6, 6.07) is 0.576. The number of nitrogens with one attached hydrogen (secondary N) is 1. The molecule has 0 bridgehead atoms. The molecule has 0 aromatic rings. The van der Waals surface area contributed by atoms with Crippen LogP contribution in [-0.4, -0.2) is 75.4 Å². The molecular formula is C15H31N3O. The molecule has 2 aliphatic rings. The molecule has 2 aliphatic heterocycles. The Hall–Kier alpha value is -0.160. The lowest BCUT2D eigenvalue weighted by atomic mass is 9.79. The molecular weight excluding hydrogens is 238 g/mol. The Morgan fingerprint density at radius 2 is 1.74 bits per heavy atom. The summed E-state index contributed by atoms with van der Waals surface area (Å²) < 4.78 is 5.58. The van der Waals surface area contributed by atoms with Crippen LogP contribution in [0.25, 0.3) is 0 Å². The second-order valence-electron chi connectivity index (χ2n) is 6.73. The molecule has 0 spiro atoms. The first-order valence-electron chi connectivity index (χ1n) is 7.82. The van der Waals surface area contributed by atoms with Crippen LogP contribution in [0.1, 0.15) is 26.7 Å². The molecule has 4 nitrogen and oxygen atoms in total. The highest BCUT2D eigenvalue weighted by molar-refractivity contribution is 4.88. The van der Waals surface area contributed by atoms with Gasteiger partial charge in [0.2, 0.25) is 0 Å². The molecule has 19 heavy (non-hydrogen) atoms. The molecule has 0 aromatic carbocycles. The van der Waals surface area contributed by atoms with Gasteiger partial charge >= 0.3 is 0 Å². The van der Waals surface area contributed by atoms with Gasteiger partial charge in [-0.15, -0.1) is 0 Å². The first-order chi connectivity index (χ1) is 9.10. The monoisotopic (exact) mass is 269 g/mol. The fourth-order valence-electron chi connectivity index (χ4n) is 3.10. The maximum absolute atomic E-state index is 5.58. The predicted octanol–water partition coefficient (Wildman–Crippen LogP) is 1.03. The van der Waals surface area contributed by atoms with Gasteiger partial charge in [0, 0.05) is 58.5 Å². The van der Waals surface area contributed by atoms with Crippen LogP contribution in [0.4, 0.5) is 0 Å². The predicted molar refractivity (Wildman–Crippen MR) is 79.6 cm³/mol. The van der Waals surface area contributed by atoms with Crippen molar-refractivity contribution in [2.24, 2.45) is 5.41 Å². The van der Waals surface area contributed by atoms with Gasteiger partial charge in [0.15, 0.2) is 0 Å². The molecule has 2 fully saturated rings. The third kappa shape index (κ3) is 4.71. The maximum atomic E-state index is 5.58. The zero-order valence-electron chi connectivity index (χ0n) is 13.0. The highest BCUT2D eigenvalue weighted by Crippen LogP contribution is 2.31. The SMILES string of the molecule is CC(C)NCC1(CN2CCN(C)CC2)CCOCC1. The van der Waals surface area contributed by atoms with Crippen LogP contribution in [0.15, 0.2) is 0 Å². The van der Waals surface area contributed by atoms with Crippen molar-refractivity contribution in [1.29, 1.82) is 0 Å². The zero-order chi connectivity index (χ0) is 13.7. The van der Waals surface area contributed by atoms with E-state index in [2.05, 4.69) is 36.0 Å². The first-order valence-corrected chi connectivity index (χ1v) is 7.82. The Labute approximate surface area is 118 Å². The highest BCUT2D eigenvalue weighted by atomic mass is 16.5. The molecule has 4 heteroatoms. The van der Waals surface area contributed by atoms with E-state index in [1.165, 1.54) is 45.6 Å². The number of nitrogens with zero attached hydrogens (tertiary/aromatic N) is 2. The summed E-state index contributed by atoms with van der Waals surface area (Å²) in [6.45, 7) is 13.6. The van der Waals surface area contributed by atoms with Gasteiger partial charge in [0.1, 0.15) is 0 Å². The van der Waals surface area contributed by atoms with Crippen LogP contribution < -0.4 is 5.32 Å². The number of rotatable bonds is 5. The van der Waals surface area contributed by atoms with Crippen LogP contribution in [0.5, 0.6) is 0 Å². The average molecular weight is 269 g/mol. The van der Waals surface area contributed by atoms with Crippen LogP contribution >= 0.6 is 0 Å². The molecule has 0 aromatic heterocycles. The second kappa shape index (κ2) is 7.02. The van der Waals surface area contributed by atoms with Crippen molar-refractivity contribution >= 4 is 0 Å². The Kier molecular flexibility index (Phi) is 5.63. The zero-order valence-corrected chi connectivity index (χ0v) is 13.0. The summed E-state index contributed by atoms with van der Waals surface area (Å²) in [5.74, 6) is 0. The van der Waals surface area contributed by atoms with Gasteiger partial charge in [-0.2, -0.15) is 0 Å². The van der Waals surface area contributed by atoms with Gasteiger partial charge in [-0.1, -0.05) is 13.8 Å². The van der Waals surface area contributed by atoms with Crippen molar-refractivity contribution in [3.8, 4) is 0 Å². The van der Waals surface area contributed by atoms with Gasteiger partial charge < -0.3 is 19.9 Å². The Balaban J connectivity index is 1.89. The summed E-state index contributed by atoms with van der Waals surface area (Å²) >= 11 is 0. The van der Waals surface area contributed by atoms with E-state index in [-0.39, 0.29) is 0 Å². The third-order valence-electron chi connectivity index (χ3n) is 4.59. The van der Waals surface area contributed by atoms with Gasteiger partial charge in [-0.05, 0) is 25.3 Å². The lowest BCUT2D eigenvalue weighted by molar-refractivity contribution is -0.0118. The minimum atomic E-state index is 0.429. The molecule has 2 rings (SSSR count). The fraction of sp³-hybridized carbons (Fsp3) is 1.00. The topological polar surface area (TPSA) is 27.7 Å². The van der Waals surface area contributed by atoms with Gasteiger partial charge in [-0.3, -0.25) is 0 Å². The molecule has 0 atom stereocenters. The van der Waals surface area contributed by atoms with E-state index in [0.29, 0.717) is 11.5 Å². The summed E-state index contributed by atoms with van der Waals surface area (Å²) in [6.07, 6.45) is 2.41. The highest BCUT2D eigenvalue weighted by Gasteiger charge is 2.34. The summed E-state index contributed by atoms with van der Waals surface area (Å²) in [5.41, 5.74) is 0.429. The summed E-state index contributed by atoms with van der Waals surface area (Å²) in [7, 11) is 2.22. The maximum Gasteiger partial charge on any atom is 0.0472 e. The van der Waals surface area contributed by atoms with Crippen LogP contribution in [0.2, 0.25) is 0 Å². The number of hydrogen-bond donors (Lipinski definition) is 1. The molecule has 1 N–H and O–H groups in total. The normalized spacial score (nSPS) is 25.9. The van der Waals surface area contributed by atoms with Gasteiger partial charge in [0.05, 0.1) is 0 Å². The minimum Gasteiger partial charge on any atom is -0.381 e. The quantitative estimate of drug-likeness (QED) is 0.807. The third-order valence-corrected chi connectivity index (χ3v) is 4.59. The van der Waals surface area contributed by atoms with E-state index < -0.39 is 0 Å². The molecule has 0 saturated carbocycles. The molecule has 2 heterocycles. The lowest BCUT2D eigenvalue weighted by Gasteiger charge is -2.43. The molecule has 2 saturated heterocycles. The first kappa shape index (κ1) is 15.2. The standard InChI is InChI=1S/C15H31N3O/c1-14(2)16-12-15(4-10-19-11-5-15)13-18-8-6-17(3)7-9-18/h14,16H,4-13H2,1-3H3. The van der Waals surface area contributed by atoms with Crippen LogP contribution in [0, 0.1) is 5.41 Å². The lowest BCUT2D eigenvalue weighted by Crippen LogP contribution is -2.53. The number of likely N-dealkylation sites (N-methyl/N-ethyl adjacent to an activating group) is 1. The summed E-state index contributed by atoms with van der Waals surface area (Å²) in [4.78, 5) is 5.09. The molecule has 0 radical (unpaired) electrons. The van der Waals surface area contributed by atoms with Gasteiger partial charge in [0.25, 0.3) is 0 Å². The van der Waals surface area contributed by atoms with Crippen molar-refractivity contribution in [2.45, 2.75) is 32.7 Å². The Morgan fingerprint density at radius 1 is 1.11 bits per heavy atom. The number of ether oxygens (including phenoxy) is 1. The Bertz CT molecular complexity index is 256.